The number of halogens is 1. The molecule has 0 saturated carbocycles. The third-order valence-corrected chi connectivity index (χ3v) is 5.08. The number of hydrogen-bond donors (Lipinski definition) is 1. The fourth-order valence-electron chi connectivity index (χ4n) is 3.24. The molecule has 2 saturated heterocycles. The van der Waals surface area contributed by atoms with Crippen LogP contribution >= 0.6 is 15.9 Å². The molecule has 3 nitrogen and oxygen atoms in total. The lowest BCUT2D eigenvalue weighted by Crippen LogP contribution is -2.56. The molecule has 0 amide bonds. The number of piperidine rings is 1. The van der Waals surface area contributed by atoms with Crippen molar-refractivity contribution < 1.29 is 9.84 Å². The van der Waals surface area contributed by atoms with Gasteiger partial charge in [0.2, 0.25) is 0 Å². The van der Waals surface area contributed by atoms with Crippen LogP contribution < -0.4 is 0 Å². The van der Waals surface area contributed by atoms with Crippen LogP contribution in [0.3, 0.4) is 0 Å². The number of aliphatic hydroxyl groups is 1. The second-order valence-corrected chi connectivity index (χ2v) is 6.48. The van der Waals surface area contributed by atoms with Gasteiger partial charge in [0, 0.05) is 30.7 Å². The quantitative estimate of drug-likeness (QED) is 0.907. The van der Waals surface area contributed by atoms with Crippen LogP contribution in [0.5, 0.6) is 0 Å². The zero-order chi connectivity index (χ0) is 13.3. The molecule has 4 heteroatoms. The topological polar surface area (TPSA) is 32.7 Å². The molecule has 2 atom stereocenters. The summed E-state index contributed by atoms with van der Waals surface area (Å²) in [4.78, 5) is 2.40. The summed E-state index contributed by atoms with van der Waals surface area (Å²) >= 11 is 3.60. The average Bonchev–Trinajstić information content (AvgIpc) is 2.86. The van der Waals surface area contributed by atoms with E-state index in [0.717, 1.165) is 50.0 Å². The Bertz CT molecular complexity index is 446. The van der Waals surface area contributed by atoms with E-state index in [9.17, 15) is 5.11 Å². The SMILES string of the molecule is O[C@H]1CCN(Cc2ccccc2Br)C[C@@]12CCCO2. The Hall–Kier alpha value is -0.420. The maximum atomic E-state index is 10.2. The Morgan fingerprint density at radius 3 is 3.00 bits per heavy atom. The summed E-state index contributed by atoms with van der Waals surface area (Å²) in [6.07, 6.45) is 2.57. The third-order valence-electron chi connectivity index (χ3n) is 4.30. The standard InChI is InChI=1S/C15H20BrNO2/c16-13-5-2-1-4-12(13)10-17-8-6-14(18)15(11-17)7-3-9-19-15/h1-2,4-5,14,18H,3,6-11H2/t14-,15-/m0/s1. The predicted octanol–water partition coefficient (Wildman–Crippen LogP) is 2.56. The second-order valence-electron chi connectivity index (χ2n) is 5.62. The predicted molar refractivity (Wildman–Crippen MR) is 78.0 cm³/mol. The van der Waals surface area contributed by atoms with Crippen molar-refractivity contribution >= 4 is 15.9 Å². The van der Waals surface area contributed by atoms with Crippen molar-refractivity contribution in [2.75, 3.05) is 19.7 Å². The van der Waals surface area contributed by atoms with E-state index >= 15 is 0 Å². The van der Waals surface area contributed by atoms with E-state index in [1.165, 1.54) is 5.56 Å². The van der Waals surface area contributed by atoms with Gasteiger partial charge in [-0.3, -0.25) is 4.90 Å². The lowest BCUT2D eigenvalue weighted by Gasteiger charge is -2.43. The van der Waals surface area contributed by atoms with Crippen LogP contribution in [0.15, 0.2) is 28.7 Å². The van der Waals surface area contributed by atoms with Gasteiger partial charge in [-0.1, -0.05) is 34.1 Å². The summed E-state index contributed by atoms with van der Waals surface area (Å²) in [5, 5.41) is 10.2. The lowest BCUT2D eigenvalue weighted by atomic mass is 9.87. The van der Waals surface area contributed by atoms with Gasteiger partial charge in [0.25, 0.3) is 0 Å². The number of rotatable bonds is 2. The maximum Gasteiger partial charge on any atom is 0.107 e. The maximum absolute atomic E-state index is 10.2. The molecule has 0 aliphatic carbocycles. The van der Waals surface area contributed by atoms with Crippen molar-refractivity contribution in [2.24, 2.45) is 0 Å². The van der Waals surface area contributed by atoms with E-state index in [4.69, 9.17) is 4.74 Å². The Morgan fingerprint density at radius 1 is 1.42 bits per heavy atom. The lowest BCUT2D eigenvalue weighted by molar-refractivity contribution is -0.132. The zero-order valence-corrected chi connectivity index (χ0v) is 12.6. The molecule has 2 aliphatic rings. The van der Waals surface area contributed by atoms with Gasteiger partial charge in [-0.15, -0.1) is 0 Å². The van der Waals surface area contributed by atoms with Crippen molar-refractivity contribution in [1.29, 1.82) is 0 Å². The second kappa shape index (κ2) is 5.52. The molecular weight excluding hydrogens is 306 g/mol. The molecule has 2 fully saturated rings. The van der Waals surface area contributed by atoms with E-state index in [-0.39, 0.29) is 11.7 Å². The fourth-order valence-corrected chi connectivity index (χ4v) is 3.65. The van der Waals surface area contributed by atoms with Crippen molar-refractivity contribution in [3.05, 3.63) is 34.3 Å². The molecule has 19 heavy (non-hydrogen) atoms. The first-order chi connectivity index (χ1) is 9.20. The molecule has 1 N–H and O–H groups in total. The van der Waals surface area contributed by atoms with Crippen LogP contribution in [-0.4, -0.2) is 41.4 Å². The molecule has 2 heterocycles. The Kier molecular flexibility index (Phi) is 3.94. The monoisotopic (exact) mass is 325 g/mol. The summed E-state index contributed by atoms with van der Waals surface area (Å²) in [6, 6.07) is 8.34. The van der Waals surface area contributed by atoms with Crippen LogP contribution in [0.25, 0.3) is 0 Å². The highest BCUT2D eigenvalue weighted by Crippen LogP contribution is 2.35. The summed E-state index contributed by atoms with van der Waals surface area (Å²) < 4.78 is 7.04. The molecule has 1 aromatic rings. The van der Waals surface area contributed by atoms with Crippen LogP contribution in [-0.2, 0) is 11.3 Å². The van der Waals surface area contributed by atoms with Crippen LogP contribution in [0, 0.1) is 0 Å². The van der Waals surface area contributed by atoms with Gasteiger partial charge in [0.05, 0.1) is 6.10 Å². The molecule has 0 aromatic heterocycles. The van der Waals surface area contributed by atoms with Gasteiger partial charge < -0.3 is 9.84 Å². The third kappa shape index (κ3) is 2.72. The summed E-state index contributed by atoms with van der Waals surface area (Å²) in [5.74, 6) is 0. The summed E-state index contributed by atoms with van der Waals surface area (Å²) in [7, 11) is 0. The number of nitrogens with zero attached hydrogens (tertiary/aromatic N) is 1. The first kappa shape index (κ1) is 13.6. The van der Waals surface area contributed by atoms with Gasteiger partial charge in [-0.05, 0) is 30.9 Å². The van der Waals surface area contributed by atoms with Crippen LogP contribution in [0.4, 0.5) is 0 Å². The van der Waals surface area contributed by atoms with Crippen LogP contribution in [0.2, 0.25) is 0 Å². The van der Waals surface area contributed by atoms with E-state index in [2.05, 4.69) is 39.0 Å². The fraction of sp³-hybridized carbons (Fsp3) is 0.600. The Labute approximate surface area is 122 Å². The minimum absolute atomic E-state index is 0.300. The number of benzene rings is 1. The van der Waals surface area contributed by atoms with Gasteiger partial charge >= 0.3 is 0 Å². The van der Waals surface area contributed by atoms with Gasteiger partial charge in [-0.25, -0.2) is 0 Å². The first-order valence-corrected chi connectivity index (χ1v) is 7.77. The van der Waals surface area contributed by atoms with Gasteiger partial charge in [-0.2, -0.15) is 0 Å². The first-order valence-electron chi connectivity index (χ1n) is 6.97. The smallest absolute Gasteiger partial charge is 0.107 e. The highest BCUT2D eigenvalue weighted by atomic mass is 79.9. The van der Waals surface area contributed by atoms with Crippen molar-refractivity contribution in [3.63, 3.8) is 0 Å². The number of ether oxygens (including phenoxy) is 1. The van der Waals surface area contributed by atoms with Crippen molar-refractivity contribution in [2.45, 2.75) is 37.5 Å². The number of hydrogen-bond acceptors (Lipinski definition) is 3. The zero-order valence-electron chi connectivity index (χ0n) is 11.0. The number of aliphatic hydroxyl groups excluding tert-OH is 1. The molecule has 0 radical (unpaired) electrons. The molecule has 3 rings (SSSR count). The van der Waals surface area contributed by atoms with Gasteiger partial charge in [0.1, 0.15) is 5.60 Å². The summed E-state index contributed by atoms with van der Waals surface area (Å²) in [5.41, 5.74) is 0.992. The summed E-state index contributed by atoms with van der Waals surface area (Å²) in [6.45, 7) is 3.49. The molecular formula is C15H20BrNO2. The van der Waals surface area contributed by atoms with E-state index in [1.807, 2.05) is 6.07 Å². The number of likely N-dealkylation sites (tertiary alicyclic amines) is 1. The van der Waals surface area contributed by atoms with E-state index in [0.29, 0.717) is 0 Å². The van der Waals surface area contributed by atoms with Crippen LogP contribution in [0.1, 0.15) is 24.8 Å². The minimum Gasteiger partial charge on any atom is -0.390 e. The Morgan fingerprint density at radius 2 is 2.26 bits per heavy atom. The minimum atomic E-state index is -0.306. The highest BCUT2D eigenvalue weighted by molar-refractivity contribution is 9.10. The van der Waals surface area contributed by atoms with E-state index < -0.39 is 0 Å². The van der Waals surface area contributed by atoms with Crippen molar-refractivity contribution in [3.8, 4) is 0 Å². The largest absolute Gasteiger partial charge is 0.390 e. The molecule has 1 aromatic carbocycles. The van der Waals surface area contributed by atoms with Crippen molar-refractivity contribution in [1.82, 2.24) is 4.90 Å². The molecule has 0 bridgehead atoms. The molecule has 104 valence electrons. The molecule has 0 unspecified atom stereocenters. The average molecular weight is 326 g/mol. The molecule has 2 aliphatic heterocycles. The normalized spacial score (nSPS) is 32.0. The Balaban J connectivity index is 1.71. The van der Waals surface area contributed by atoms with E-state index in [1.54, 1.807) is 0 Å². The van der Waals surface area contributed by atoms with Gasteiger partial charge in [0.15, 0.2) is 0 Å². The molecule has 1 spiro atoms. The highest BCUT2D eigenvalue weighted by Gasteiger charge is 2.45.